The molecule has 0 radical (unpaired) electrons. The average Bonchev–Trinajstić information content (AvgIpc) is 2.63. The summed E-state index contributed by atoms with van der Waals surface area (Å²) in [6.45, 7) is 4.13. The minimum atomic E-state index is -0.983. The van der Waals surface area contributed by atoms with Gasteiger partial charge in [-0.05, 0) is 66.8 Å². The summed E-state index contributed by atoms with van der Waals surface area (Å²) >= 11 is 3.52. The van der Waals surface area contributed by atoms with Gasteiger partial charge in [0.2, 0.25) is 0 Å². The van der Waals surface area contributed by atoms with Crippen LogP contribution < -0.4 is 0 Å². The third-order valence-corrected chi connectivity index (χ3v) is 7.60. The number of hydrogen-bond acceptors (Lipinski definition) is 1. The van der Waals surface area contributed by atoms with Gasteiger partial charge in [-0.3, -0.25) is 4.79 Å². The molecule has 130 valence electrons. The van der Waals surface area contributed by atoms with Crippen molar-refractivity contribution >= 4 is 29.4 Å². The molecule has 0 fully saturated rings. The van der Waals surface area contributed by atoms with E-state index in [-0.39, 0.29) is 0 Å². The molecule has 2 aliphatic rings. The Labute approximate surface area is 160 Å². The van der Waals surface area contributed by atoms with E-state index in [4.69, 9.17) is 0 Å². The summed E-state index contributed by atoms with van der Waals surface area (Å²) in [4.78, 5) is 13.7. The molecule has 3 rings (SSSR count). The quantitative estimate of drug-likeness (QED) is 0.365. The highest BCUT2D eigenvalue weighted by Gasteiger charge is 2.28. The molecular formula is C22H24BrOP. The van der Waals surface area contributed by atoms with Crippen LogP contribution >= 0.6 is 23.9 Å². The zero-order chi connectivity index (χ0) is 17.8. The molecule has 0 N–H and O–H groups in total. The van der Waals surface area contributed by atoms with Crippen molar-refractivity contribution in [2.75, 3.05) is 0 Å². The summed E-state index contributed by atoms with van der Waals surface area (Å²) in [6.07, 6.45) is 17.5. The summed E-state index contributed by atoms with van der Waals surface area (Å²) in [6, 6.07) is 4.28. The molecule has 0 amide bonds. The average molecular weight is 415 g/mol. The van der Waals surface area contributed by atoms with Crippen LogP contribution in [-0.4, -0.2) is 5.52 Å². The predicted molar refractivity (Wildman–Crippen MR) is 113 cm³/mol. The van der Waals surface area contributed by atoms with E-state index in [1.165, 1.54) is 16.2 Å². The number of hydrogen-bond donors (Lipinski definition) is 0. The standard InChI is InChI=1S/C22H24BrOP/c1-16-13-18(15-23)14-17(2)21(16)22(24)25(19-9-5-3-6-10-19)20-11-7-4-8-12-20/h5,7,9-14H,3-4,6,8,15H2,1-2H3. The number of carbonyl (C=O) groups is 1. The lowest BCUT2D eigenvalue weighted by Gasteiger charge is -2.24. The van der Waals surface area contributed by atoms with Crippen molar-refractivity contribution in [2.24, 2.45) is 0 Å². The first-order valence-electron chi connectivity index (χ1n) is 8.85. The minimum Gasteiger partial charge on any atom is -0.288 e. The van der Waals surface area contributed by atoms with Gasteiger partial charge in [-0.2, -0.15) is 0 Å². The van der Waals surface area contributed by atoms with Crippen LogP contribution in [0.25, 0.3) is 0 Å². The SMILES string of the molecule is Cc1cc(CBr)cc(C)c1C(=O)P(C1=CCCC=C1)C1=CCCC=C1. The Hall–Kier alpha value is -1.24. The number of allylic oxidation sites excluding steroid dienone is 8. The van der Waals surface area contributed by atoms with Gasteiger partial charge >= 0.3 is 0 Å². The van der Waals surface area contributed by atoms with E-state index in [0.29, 0.717) is 5.52 Å². The zero-order valence-corrected chi connectivity index (χ0v) is 17.4. The molecule has 0 aromatic heterocycles. The van der Waals surface area contributed by atoms with Crippen LogP contribution in [0, 0.1) is 13.8 Å². The molecule has 0 saturated carbocycles. The van der Waals surface area contributed by atoms with Gasteiger partial charge in [-0.15, -0.1) is 0 Å². The van der Waals surface area contributed by atoms with Crippen molar-refractivity contribution in [1.82, 2.24) is 0 Å². The molecule has 1 nitrogen and oxygen atoms in total. The lowest BCUT2D eigenvalue weighted by Crippen LogP contribution is -2.07. The smallest absolute Gasteiger partial charge is 0.193 e. The highest BCUT2D eigenvalue weighted by atomic mass is 79.9. The van der Waals surface area contributed by atoms with Crippen molar-refractivity contribution in [2.45, 2.75) is 44.9 Å². The van der Waals surface area contributed by atoms with Gasteiger partial charge in [-0.25, -0.2) is 0 Å². The fourth-order valence-corrected chi connectivity index (χ4v) is 6.29. The maximum atomic E-state index is 13.7. The fourth-order valence-electron chi connectivity index (χ4n) is 3.49. The summed E-state index contributed by atoms with van der Waals surface area (Å²) < 4.78 is 0. The monoisotopic (exact) mass is 414 g/mol. The summed E-state index contributed by atoms with van der Waals surface area (Å²) in [5.41, 5.74) is 4.61. The third kappa shape index (κ3) is 4.13. The van der Waals surface area contributed by atoms with Crippen molar-refractivity contribution < 1.29 is 4.79 Å². The predicted octanol–water partition coefficient (Wildman–Crippen LogP) is 7.29. The molecule has 25 heavy (non-hydrogen) atoms. The second-order valence-corrected chi connectivity index (χ2v) is 9.27. The first kappa shape index (κ1) is 18.5. The van der Waals surface area contributed by atoms with E-state index in [9.17, 15) is 4.79 Å². The summed E-state index contributed by atoms with van der Waals surface area (Å²) in [5.74, 6) is 0. The lowest BCUT2D eigenvalue weighted by molar-refractivity contribution is 0.108. The van der Waals surface area contributed by atoms with Crippen molar-refractivity contribution in [3.8, 4) is 0 Å². The van der Waals surface area contributed by atoms with Gasteiger partial charge in [0, 0.05) is 18.8 Å². The molecule has 0 heterocycles. The Morgan fingerprint density at radius 2 is 1.48 bits per heavy atom. The van der Waals surface area contributed by atoms with Crippen molar-refractivity contribution in [1.29, 1.82) is 0 Å². The van der Waals surface area contributed by atoms with Crippen LogP contribution in [0.4, 0.5) is 0 Å². The fraction of sp³-hybridized carbons (Fsp3) is 0.318. The number of aryl methyl sites for hydroxylation is 2. The first-order valence-corrected chi connectivity index (χ1v) is 11.3. The van der Waals surface area contributed by atoms with Crippen LogP contribution in [0.5, 0.6) is 0 Å². The van der Waals surface area contributed by atoms with Gasteiger partial charge in [0.05, 0.1) is 0 Å². The van der Waals surface area contributed by atoms with Gasteiger partial charge in [0.15, 0.2) is 5.52 Å². The van der Waals surface area contributed by atoms with E-state index in [1.807, 2.05) is 0 Å². The highest BCUT2D eigenvalue weighted by molar-refractivity contribution is 9.08. The van der Waals surface area contributed by atoms with Crippen LogP contribution in [0.15, 0.2) is 59.2 Å². The number of alkyl halides is 1. The molecule has 0 unspecified atom stereocenters. The highest BCUT2D eigenvalue weighted by Crippen LogP contribution is 2.58. The Morgan fingerprint density at radius 1 is 0.960 bits per heavy atom. The lowest BCUT2D eigenvalue weighted by atomic mass is 10.0. The van der Waals surface area contributed by atoms with E-state index in [1.54, 1.807) is 0 Å². The topological polar surface area (TPSA) is 17.1 Å². The van der Waals surface area contributed by atoms with E-state index in [0.717, 1.165) is 47.7 Å². The molecular weight excluding hydrogens is 391 g/mol. The van der Waals surface area contributed by atoms with Crippen LogP contribution in [0.3, 0.4) is 0 Å². The van der Waals surface area contributed by atoms with E-state index < -0.39 is 7.92 Å². The largest absolute Gasteiger partial charge is 0.288 e. The Morgan fingerprint density at radius 3 is 1.88 bits per heavy atom. The van der Waals surface area contributed by atoms with Crippen LogP contribution in [-0.2, 0) is 5.33 Å². The molecule has 0 aliphatic heterocycles. The maximum Gasteiger partial charge on any atom is 0.193 e. The molecule has 2 aliphatic carbocycles. The normalized spacial score (nSPS) is 16.8. The van der Waals surface area contributed by atoms with Gasteiger partial charge in [0.25, 0.3) is 0 Å². The minimum absolute atomic E-state index is 0.293. The Kier molecular flexibility index (Phi) is 6.25. The summed E-state index contributed by atoms with van der Waals surface area (Å²) in [7, 11) is -0.983. The number of carbonyl (C=O) groups excluding carboxylic acids is 1. The number of halogens is 1. The van der Waals surface area contributed by atoms with E-state index in [2.05, 4.69) is 78.4 Å². The van der Waals surface area contributed by atoms with E-state index >= 15 is 0 Å². The van der Waals surface area contributed by atoms with Gasteiger partial charge < -0.3 is 0 Å². The molecule has 1 aromatic rings. The maximum absolute atomic E-state index is 13.7. The zero-order valence-electron chi connectivity index (χ0n) is 14.9. The molecule has 3 heteroatoms. The van der Waals surface area contributed by atoms with Gasteiger partial charge in [0.1, 0.15) is 0 Å². The summed E-state index contributed by atoms with van der Waals surface area (Å²) in [5, 5.41) is 3.25. The number of benzene rings is 1. The first-order chi connectivity index (χ1) is 12.1. The molecule has 0 saturated heterocycles. The van der Waals surface area contributed by atoms with Crippen LogP contribution in [0.2, 0.25) is 0 Å². The second-order valence-electron chi connectivity index (χ2n) is 6.60. The molecule has 0 atom stereocenters. The van der Waals surface area contributed by atoms with Crippen LogP contribution in [0.1, 0.15) is 52.7 Å². The number of rotatable bonds is 5. The molecule has 0 spiro atoms. The third-order valence-electron chi connectivity index (χ3n) is 4.63. The Bertz CT molecular complexity index is 743. The second kappa shape index (κ2) is 8.43. The van der Waals surface area contributed by atoms with Gasteiger partial charge in [-0.1, -0.05) is 64.5 Å². The Balaban J connectivity index is 2.06. The van der Waals surface area contributed by atoms with Crippen molar-refractivity contribution in [3.63, 3.8) is 0 Å². The molecule has 0 bridgehead atoms. The molecule has 1 aromatic carbocycles. The van der Waals surface area contributed by atoms with Crippen molar-refractivity contribution in [3.05, 3.63) is 81.5 Å².